The minimum absolute atomic E-state index is 0.0417. The van der Waals surface area contributed by atoms with Crippen molar-refractivity contribution >= 4 is 17.5 Å². The Morgan fingerprint density at radius 1 is 1.45 bits per heavy atom. The summed E-state index contributed by atoms with van der Waals surface area (Å²) in [5.41, 5.74) is 2.11. The highest BCUT2D eigenvalue weighted by Crippen LogP contribution is 2.18. The summed E-state index contributed by atoms with van der Waals surface area (Å²) in [4.78, 5) is 12.3. The monoisotopic (exact) mass is 319 g/mol. The summed E-state index contributed by atoms with van der Waals surface area (Å²) in [5.74, 6) is -0.175. The molecule has 0 saturated carbocycles. The second kappa shape index (κ2) is 6.10. The molecule has 3 rings (SSSR count). The standard InChI is InChI=1S/C16H18ClN3O2/c1-10-8-15(16(21)18-14-6-7-22-11(14)2)19-20(10)13-5-3-4-12(17)9-13/h3-5,8-9,11,14H,6-7H2,1-2H3,(H,18,21)/t11-,14-/m0/s1. The number of nitrogens with one attached hydrogen (secondary N) is 1. The molecule has 1 aromatic carbocycles. The second-order valence-corrected chi connectivity index (χ2v) is 5.94. The van der Waals surface area contributed by atoms with Crippen LogP contribution in [-0.4, -0.2) is 34.4 Å². The van der Waals surface area contributed by atoms with Crippen LogP contribution >= 0.6 is 11.6 Å². The molecule has 116 valence electrons. The van der Waals surface area contributed by atoms with Crippen LogP contribution in [-0.2, 0) is 4.74 Å². The van der Waals surface area contributed by atoms with Crippen LogP contribution in [0.1, 0.15) is 29.5 Å². The smallest absolute Gasteiger partial charge is 0.272 e. The van der Waals surface area contributed by atoms with Gasteiger partial charge in [0.15, 0.2) is 5.69 Å². The lowest BCUT2D eigenvalue weighted by molar-refractivity contribution is 0.0861. The topological polar surface area (TPSA) is 56.1 Å². The first-order valence-corrected chi connectivity index (χ1v) is 7.67. The SMILES string of the molecule is Cc1cc(C(=O)N[C@H]2CCO[C@H]2C)nn1-c1cccc(Cl)c1. The summed E-state index contributed by atoms with van der Waals surface area (Å²) < 4.78 is 7.18. The Hall–Kier alpha value is -1.85. The molecule has 1 N–H and O–H groups in total. The fraction of sp³-hybridized carbons (Fsp3) is 0.375. The Morgan fingerprint density at radius 2 is 2.27 bits per heavy atom. The zero-order chi connectivity index (χ0) is 15.7. The molecule has 22 heavy (non-hydrogen) atoms. The zero-order valence-electron chi connectivity index (χ0n) is 12.5. The average Bonchev–Trinajstić information content (AvgIpc) is 3.06. The molecule has 2 aromatic rings. The van der Waals surface area contributed by atoms with Crippen molar-refractivity contribution in [2.75, 3.05) is 6.61 Å². The number of hydrogen-bond donors (Lipinski definition) is 1. The molecule has 2 heterocycles. The molecular formula is C16H18ClN3O2. The van der Waals surface area contributed by atoms with Gasteiger partial charge in [-0.05, 0) is 44.5 Å². The zero-order valence-corrected chi connectivity index (χ0v) is 13.3. The van der Waals surface area contributed by atoms with Gasteiger partial charge in [-0.2, -0.15) is 5.10 Å². The van der Waals surface area contributed by atoms with E-state index >= 15 is 0 Å². The van der Waals surface area contributed by atoms with Crippen molar-refractivity contribution in [2.24, 2.45) is 0 Å². The molecular weight excluding hydrogens is 302 g/mol. The molecule has 0 spiro atoms. The number of halogens is 1. The number of nitrogens with zero attached hydrogens (tertiary/aromatic N) is 2. The lowest BCUT2D eigenvalue weighted by Crippen LogP contribution is -2.39. The maximum absolute atomic E-state index is 12.3. The Bertz CT molecular complexity index is 698. The molecule has 0 aliphatic carbocycles. The second-order valence-electron chi connectivity index (χ2n) is 5.51. The maximum Gasteiger partial charge on any atom is 0.272 e. The van der Waals surface area contributed by atoms with Crippen LogP contribution in [0.4, 0.5) is 0 Å². The molecule has 1 aliphatic heterocycles. The van der Waals surface area contributed by atoms with Gasteiger partial charge in [0, 0.05) is 17.3 Å². The van der Waals surface area contributed by atoms with Gasteiger partial charge in [0.25, 0.3) is 5.91 Å². The lowest BCUT2D eigenvalue weighted by Gasteiger charge is -2.14. The molecule has 1 amide bonds. The molecule has 1 saturated heterocycles. The third kappa shape index (κ3) is 3.00. The predicted octanol–water partition coefficient (Wildman–Crippen LogP) is 2.74. The molecule has 0 unspecified atom stereocenters. The molecule has 0 bridgehead atoms. The van der Waals surface area contributed by atoms with E-state index in [4.69, 9.17) is 16.3 Å². The first-order chi connectivity index (χ1) is 10.5. The number of carbonyl (C=O) groups excluding carboxylic acids is 1. The Kier molecular flexibility index (Phi) is 4.18. The van der Waals surface area contributed by atoms with Crippen LogP contribution < -0.4 is 5.32 Å². The molecule has 1 aromatic heterocycles. The van der Waals surface area contributed by atoms with Crippen molar-refractivity contribution in [3.05, 3.63) is 46.7 Å². The van der Waals surface area contributed by atoms with Crippen LogP contribution in [0.25, 0.3) is 5.69 Å². The number of aromatic nitrogens is 2. The maximum atomic E-state index is 12.3. The van der Waals surface area contributed by atoms with E-state index in [9.17, 15) is 4.79 Å². The highest BCUT2D eigenvalue weighted by Gasteiger charge is 2.27. The van der Waals surface area contributed by atoms with Crippen molar-refractivity contribution < 1.29 is 9.53 Å². The highest BCUT2D eigenvalue weighted by atomic mass is 35.5. The number of aryl methyl sites for hydroxylation is 1. The first-order valence-electron chi connectivity index (χ1n) is 7.29. The summed E-state index contributed by atoms with van der Waals surface area (Å²) in [6.07, 6.45) is 0.876. The van der Waals surface area contributed by atoms with Crippen molar-refractivity contribution in [1.29, 1.82) is 0 Å². The third-order valence-corrected chi connectivity index (χ3v) is 4.10. The van der Waals surface area contributed by atoms with E-state index in [-0.39, 0.29) is 18.1 Å². The number of benzene rings is 1. The minimum Gasteiger partial charge on any atom is -0.376 e. The summed E-state index contributed by atoms with van der Waals surface area (Å²) in [5, 5.41) is 8.01. The Morgan fingerprint density at radius 3 is 2.95 bits per heavy atom. The Labute approximate surface area is 134 Å². The molecule has 2 atom stereocenters. The number of amides is 1. The van der Waals surface area contributed by atoms with Gasteiger partial charge in [0.2, 0.25) is 0 Å². The van der Waals surface area contributed by atoms with E-state index in [2.05, 4.69) is 10.4 Å². The summed E-state index contributed by atoms with van der Waals surface area (Å²) in [7, 11) is 0. The van der Waals surface area contributed by atoms with E-state index in [1.54, 1.807) is 16.8 Å². The van der Waals surface area contributed by atoms with Gasteiger partial charge < -0.3 is 10.1 Å². The van der Waals surface area contributed by atoms with Crippen LogP contribution in [0.3, 0.4) is 0 Å². The van der Waals surface area contributed by atoms with Gasteiger partial charge in [-0.15, -0.1) is 0 Å². The van der Waals surface area contributed by atoms with Crippen molar-refractivity contribution in [3.8, 4) is 5.69 Å². The summed E-state index contributed by atoms with van der Waals surface area (Å²) in [6.45, 7) is 4.56. The largest absolute Gasteiger partial charge is 0.376 e. The summed E-state index contributed by atoms with van der Waals surface area (Å²) in [6, 6.07) is 9.20. The van der Waals surface area contributed by atoms with E-state index in [0.717, 1.165) is 17.8 Å². The van der Waals surface area contributed by atoms with E-state index in [1.807, 2.05) is 32.0 Å². The van der Waals surface area contributed by atoms with Gasteiger partial charge in [-0.3, -0.25) is 4.79 Å². The van der Waals surface area contributed by atoms with E-state index < -0.39 is 0 Å². The van der Waals surface area contributed by atoms with Crippen LogP contribution in [0.5, 0.6) is 0 Å². The van der Waals surface area contributed by atoms with Crippen molar-refractivity contribution in [1.82, 2.24) is 15.1 Å². The van der Waals surface area contributed by atoms with Crippen LogP contribution in [0.2, 0.25) is 5.02 Å². The first kappa shape index (κ1) is 15.1. The quantitative estimate of drug-likeness (QED) is 0.946. The van der Waals surface area contributed by atoms with Crippen LogP contribution in [0, 0.1) is 6.92 Å². The predicted molar refractivity (Wildman–Crippen MR) is 84.6 cm³/mol. The number of rotatable bonds is 3. The van der Waals surface area contributed by atoms with Gasteiger partial charge in [0.1, 0.15) is 0 Å². The van der Waals surface area contributed by atoms with Gasteiger partial charge in [0.05, 0.1) is 17.8 Å². The number of ether oxygens (including phenoxy) is 1. The van der Waals surface area contributed by atoms with Gasteiger partial charge in [-0.25, -0.2) is 4.68 Å². The highest BCUT2D eigenvalue weighted by molar-refractivity contribution is 6.30. The molecule has 1 aliphatic rings. The van der Waals surface area contributed by atoms with Crippen molar-refractivity contribution in [2.45, 2.75) is 32.4 Å². The average molecular weight is 320 g/mol. The molecule has 0 radical (unpaired) electrons. The third-order valence-electron chi connectivity index (χ3n) is 3.87. The number of hydrogen-bond acceptors (Lipinski definition) is 3. The normalized spacial score (nSPS) is 21.0. The van der Waals surface area contributed by atoms with Gasteiger partial charge >= 0.3 is 0 Å². The van der Waals surface area contributed by atoms with Crippen LogP contribution in [0.15, 0.2) is 30.3 Å². The molecule has 6 heteroatoms. The number of carbonyl (C=O) groups is 1. The minimum atomic E-state index is -0.175. The fourth-order valence-electron chi connectivity index (χ4n) is 2.62. The van der Waals surface area contributed by atoms with Crippen molar-refractivity contribution in [3.63, 3.8) is 0 Å². The molecule has 5 nitrogen and oxygen atoms in total. The van der Waals surface area contributed by atoms with Gasteiger partial charge in [-0.1, -0.05) is 17.7 Å². The van der Waals surface area contributed by atoms with E-state index in [1.165, 1.54) is 0 Å². The van der Waals surface area contributed by atoms with E-state index in [0.29, 0.717) is 17.3 Å². The molecule has 1 fully saturated rings. The fourth-order valence-corrected chi connectivity index (χ4v) is 2.80. The summed E-state index contributed by atoms with van der Waals surface area (Å²) >= 11 is 6.01. The lowest BCUT2D eigenvalue weighted by atomic mass is 10.1. The Balaban J connectivity index is 1.81.